The van der Waals surface area contributed by atoms with E-state index < -0.39 is 0 Å². The number of nitrogens with zero attached hydrogens (tertiary/aromatic N) is 3. The summed E-state index contributed by atoms with van der Waals surface area (Å²) in [5, 5.41) is 6.43. The second-order valence-corrected chi connectivity index (χ2v) is 5.67. The fraction of sp³-hybridized carbons (Fsp3) is 0.571. The minimum Gasteiger partial charge on any atom is -0.315 e. The van der Waals surface area contributed by atoms with E-state index in [-0.39, 0.29) is 10.6 Å². The molecule has 1 aliphatic rings. The first kappa shape index (κ1) is 15.1. The van der Waals surface area contributed by atoms with Gasteiger partial charge in [-0.25, -0.2) is 9.69 Å². The highest BCUT2D eigenvalue weighted by Gasteiger charge is 2.25. The third-order valence-electron chi connectivity index (χ3n) is 3.73. The number of hydrazine groups is 1. The van der Waals surface area contributed by atoms with Crippen molar-refractivity contribution in [3.05, 3.63) is 34.2 Å². The van der Waals surface area contributed by atoms with E-state index in [1.165, 1.54) is 11.1 Å². The van der Waals surface area contributed by atoms with Crippen molar-refractivity contribution in [2.24, 2.45) is 0 Å². The average Bonchev–Trinajstić information content (AvgIpc) is 2.42. The van der Waals surface area contributed by atoms with E-state index in [0.717, 1.165) is 12.8 Å². The van der Waals surface area contributed by atoms with Crippen molar-refractivity contribution in [1.82, 2.24) is 14.8 Å². The number of aromatic nitrogens is 2. The zero-order chi connectivity index (χ0) is 14.7. The Kier molecular flexibility index (Phi) is 4.83. The summed E-state index contributed by atoms with van der Waals surface area (Å²) in [6, 6.07) is 0.816. The molecule has 2 rings (SSSR count). The molecule has 0 saturated carbocycles. The van der Waals surface area contributed by atoms with Crippen LogP contribution < -0.4 is 11.0 Å². The number of hydrogen-bond donors (Lipinski definition) is 1. The minimum atomic E-state index is -0.297. The molecule has 0 amide bonds. The molecule has 1 aromatic rings. The van der Waals surface area contributed by atoms with E-state index in [1.807, 2.05) is 0 Å². The molecular weight excluding hydrogens is 276 g/mol. The molecule has 1 N–H and O–H groups in total. The summed E-state index contributed by atoms with van der Waals surface area (Å²) in [5.41, 5.74) is 3.53. The Morgan fingerprint density at radius 1 is 1.50 bits per heavy atom. The van der Waals surface area contributed by atoms with Gasteiger partial charge in [0.05, 0.1) is 18.4 Å². The number of piperidine rings is 1. The summed E-state index contributed by atoms with van der Waals surface area (Å²) in [7, 11) is 0. The summed E-state index contributed by atoms with van der Waals surface area (Å²) in [6.45, 7) is 8.29. The fourth-order valence-electron chi connectivity index (χ4n) is 2.58. The van der Waals surface area contributed by atoms with Gasteiger partial charge in [-0.1, -0.05) is 24.1 Å². The lowest BCUT2D eigenvalue weighted by molar-refractivity contribution is 0.135. The Hall–Kier alpha value is -1.33. The SMILES string of the molecule is C=CCn1ncc(NN2C(C)CCCC2C)c(Cl)c1=O. The van der Waals surface area contributed by atoms with E-state index >= 15 is 0 Å². The standard InChI is InChI=1S/C14H21ClN4O/c1-4-8-18-14(20)13(15)12(9-16-18)17-19-10(2)6-5-7-11(19)3/h4,9-11,17H,1,5-8H2,2-3H3. The molecule has 1 saturated heterocycles. The van der Waals surface area contributed by atoms with Gasteiger partial charge in [0.2, 0.25) is 0 Å². The van der Waals surface area contributed by atoms with Crippen LogP contribution in [0.25, 0.3) is 0 Å². The summed E-state index contributed by atoms with van der Waals surface area (Å²) in [5.74, 6) is 0. The molecule has 20 heavy (non-hydrogen) atoms. The van der Waals surface area contributed by atoms with Crippen molar-refractivity contribution in [2.45, 2.75) is 51.7 Å². The number of hydrogen-bond acceptors (Lipinski definition) is 4. The molecule has 2 unspecified atom stereocenters. The Bertz CT molecular complexity index is 532. The Morgan fingerprint density at radius 3 is 2.75 bits per heavy atom. The van der Waals surface area contributed by atoms with Crippen LogP contribution in [0.1, 0.15) is 33.1 Å². The van der Waals surface area contributed by atoms with E-state index in [0.29, 0.717) is 24.3 Å². The molecule has 0 spiro atoms. The molecule has 110 valence electrons. The van der Waals surface area contributed by atoms with Gasteiger partial charge in [-0.05, 0) is 26.7 Å². The van der Waals surface area contributed by atoms with Gasteiger partial charge in [-0.3, -0.25) is 4.79 Å². The van der Waals surface area contributed by atoms with Gasteiger partial charge in [0.25, 0.3) is 5.56 Å². The number of allylic oxidation sites excluding steroid dienone is 1. The number of anilines is 1. The highest BCUT2D eigenvalue weighted by atomic mass is 35.5. The van der Waals surface area contributed by atoms with E-state index in [4.69, 9.17) is 11.6 Å². The van der Waals surface area contributed by atoms with Crippen molar-refractivity contribution < 1.29 is 0 Å². The van der Waals surface area contributed by atoms with E-state index in [2.05, 4.69) is 36.0 Å². The number of rotatable bonds is 4. The van der Waals surface area contributed by atoms with Crippen LogP contribution in [0, 0.1) is 0 Å². The quantitative estimate of drug-likeness (QED) is 0.868. The fourth-order valence-corrected chi connectivity index (χ4v) is 2.76. The molecule has 6 heteroatoms. The normalized spacial score (nSPS) is 23.6. The lowest BCUT2D eigenvalue weighted by Gasteiger charge is -2.39. The molecule has 0 aliphatic carbocycles. The van der Waals surface area contributed by atoms with E-state index in [1.54, 1.807) is 12.3 Å². The summed E-state index contributed by atoms with van der Waals surface area (Å²) >= 11 is 6.15. The summed E-state index contributed by atoms with van der Waals surface area (Å²) in [4.78, 5) is 12.0. The predicted octanol–water partition coefficient (Wildman–Crippen LogP) is 2.67. The third-order valence-corrected chi connectivity index (χ3v) is 4.10. The van der Waals surface area contributed by atoms with Crippen LogP contribution in [0.5, 0.6) is 0 Å². The highest BCUT2D eigenvalue weighted by molar-refractivity contribution is 6.32. The van der Waals surface area contributed by atoms with Crippen LogP contribution in [-0.2, 0) is 6.54 Å². The third kappa shape index (κ3) is 3.04. The Morgan fingerprint density at radius 2 is 2.15 bits per heavy atom. The number of halogens is 1. The first-order valence-electron chi connectivity index (χ1n) is 6.96. The van der Waals surface area contributed by atoms with Crippen LogP contribution in [0.4, 0.5) is 5.69 Å². The van der Waals surface area contributed by atoms with Gasteiger partial charge in [0.15, 0.2) is 0 Å². The summed E-state index contributed by atoms with van der Waals surface area (Å²) < 4.78 is 1.30. The van der Waals surface area contributed by atoms with Crippen LogP contribution in [0.2, 0.25) is 5.02 Å². The van der Waals surface area contributed by atoms with Crippen LogP contribution in [-0.4, -0.2) is 26.9 Å². The van der Waals surface area contributed by atoms with Crippen molar-refractivity contribution >= 4 is 17.3 Å². The Labute approximate surface area is 124 Å². The van der Waals surface area contributed by atoms with Crippen LogP contribution in [0.15, 0.2) is 23.6 Å². The molecule has 1 aromatic heterocycles. The molecule has 0 bridgehead atoms. The highest BCUT2D eigenvalue weighted by Crippen LogP contribution is 2.25. The average molecular weight is 297 g/mol. The van der Waals surface area contributed by atoms with Crippen LogP contribution >= 0.6 is 11.6 Å². The van der Waals surface area contributed by atoms with Gasteiger partial charge >= 0.3 is 0 Å². The molecule has 5 nitrogen and oxygen atoms in total. The maximum Gasteiger partial charge on any atom is 0.287 e. The van der Waals surface area contributed by atoms with E-state index in [9.17, 15) is 4.79 Å². The second-order valence-electron chi connectivity index (χ2n) is 5.30. The molecule has 1 aliphatic heterocycles. The molecule has 0 radical (unpaired) electrons. The molecule has 0 aromatic carbocycles. The monoisotopic (exact) mass is 296 g/mol. The second kappa shape index (κ2) is 6.41. The zero-order valence-corrected chi connectivity index (χ0v) is 12.7. The first-order valence-corrected chi connectivity index (χ1v) is 7.34. The lowest BCUT2D eigenvalue weighted by Crippen LogP contribution is -2.47. The lowest BCUT2D eigenvalue weighted by atomic mass is 10.00. The first-order chi connectivity index (χ1) is 9.54. The molecular formula is C14H21ClN4O. The topological polar surface area (TPSA) is 50.2 Å². The smallest absolute Gasteiger partial charge is 0.287 e. The van der Waals surface area contributed by atoms with Gasteiger partial charge in [0, 0.05) is 12.1 Å². The number of nitrogens with one attached hydrogen (secondary N) is 1. The van der Waals surface area contributed by atoms with Gasteiger partial charge in [0.1, 0.15) is 5.02 Å². The molecule has 2 atom stereocenters. The maximum atomic E-state index is 12.0. The Balaban J connectivity index is 2.23. The molecule has 1 fully saturated rings. The largest absolute Gasteiger partial charge is 0.315 e. The van der Waals surface area contributed by atoms with Gasteiger partial charge < -0.3 is 5.43 Å². The minimum absolute atomic E-state index is 0.173. The molecule has 2 heterocycles. The van der Waals surface area contributed by atoms with Crippen molar-refractivity contribution in [3.63, 3.8) is 0 Å². The van der Waals surface area contributed by atoms with Gasteiger partial charge in [-0.2, -0.15) is 5.10 Å². The predicted molar refractivity (Wildman–Crippen MR) is 81.9 cm³/mol. The maximum absolute atomic E-state index is 12.0. The zero-order valence-electron chi connectivity index (χ0n) is 12.0. The van der Waals surface area contributed by atoms with Crippen molar-refractivity contribution in [2.75, 3.05) is 5.43 Å². The van der Waals surface area contributed by atoms with Crippen molar-refractivity contribution in [3.8, 4) is 0 Å². The summed E-state index contributed by atoms with van der Waals surface area (Å²) in [6.07, 6.45) is 6.72. The van der Waals surface area contributed by atoms with Crippen molar-refractivity contribution in [1.29, 1.82) is 0 Å². The van der Waals surface area contributed by atoms with Crippen LogP contribution in [0.3, 0.4) is 0 Å². The van der Waals surface area contributed by atoms with Gasteiger partial charge in [-0.15, -0.1) is 6.58 Å².